The molecule has 2 aromatic rings. The summed E-state index contributed by atoms with van der Waals surface area (Å²) in [5, 5.41) is 3.36. The van der Waals surface area contributed by atoms with Gasteiger partial charge in [0.1, 0.15) is 0 Å². The molecule has 2 aromatic carbocycles. The van der Waals surface area contributed by atoms with Gasteiger partial charge in [-0.15, -0.1) is 0 Å². The number of anilines is 1. The molecule has 0 aromatic heterocycles. The lowest BCUT2D eigenvalue weighted by Crippen LogP contribution is -2.25. The molecule has 146 valence electrons. The summed E-state index contributed by atoms with van der Waals surface area (Å²) in [5.74, 6) is 0.221. The number of rotatable bonds is 11. The second kappa shape index (κ2) is 11.4. The van der Waals surface area contributed by atoms with E-state index < -0.39 is 0 Å². The summed E-state index contributed by atoms with van der Waals surface area (Å²) >= 11 is 0. The zero-order valence-electron chi connectivity index (χ0n) is 16.8. The minimum absolute atomic E-state index is 0.221. The molecule has 0 heterocycles. The number of hydrogen-bond acceptors (Lipinski definition) is 3. The molecule has 27 heavy (non-hydrogen) atoms. The molecule has 4 heteroatoms. The van der Waals surface area contributed by atoms with Crippen LogP contribution in [-0.2, 0) is 16.1 Å². The molecule has 0 bridgehead atoms. The number of ether oxygens (including phenoxy) is 1. The van der Waals surface area contributed by atoms with Gasteiger partial charge in [-0.25, -0.2) is 0 Å². The summed E-state index contributed by atoms with van der Waals surface area (Å²) in [6, 6.07) is 16.8. The monoisotopic (exact) mass is 368 g/mol. The lowest BCUT2D eigenvalue weighted by molar-refractivity contribution is -0.130. The highest BCUT2D eigenvalue weighted by Crippen LogP contribution is 2.24. The molecule has 0 saturated carbocycles. The fourth-order valence-corrected chi connectivity index (χ4v) is 3.03. The van der Waals surface area contributed by atoms with E-state index >= 15 is 0 Å². The maximum Gasteiger partial charge on any atom is 0.222 e. The SMILES string of the molecule is CCCCCC(=O)N(C)Cc1cccc(-c2cccc(NCCOC)c2)c1. The summed E-state index contributed by atoms with van der Waals surface area (Å²) < 4.78 is 5.09. The van der Waals surface area contributed by atoms with Gasteiger partial charge >= 0.3 is 0 Å². The van der Waals surface area contributed by atoms with Gasteiger partial charge in [0.2, 0.25) is 5.91 Å². The first-order chi connectivity index (χ1) is 13.1. The molecule has 0 spiro atoms. The van der Waals surface area contributed by atoms with E-state index in [9.17, 15) is 4.79 Å². The van der Waals surface area contributed by atoms with Crippen LogP contribution in [0.2, 0.25) is 0 Å². The zero-order valence-corrected chi connectivity index (χ0v) is 16.8. The molecular formula is C23H32N2O2. The van der Waals surface area contributed by atoms with Crippen LogP contribution in [0.1, 0.15) is 38.2 Å². The van der Waals surface area contributed by atoms with Crippen molar-refractivity contribution in [3.63, 3.8) is 0 Å². The maximum absolute atomic E-state index is 12.3. The third kappa shape index (κ3) is 7.06. The number of benzene rings is 2. The molecule has 0 aliphatic heterocycles. The lowest BCUT2D eigenvalue weighted by Gasteiger charge is -2.18. The van der Waals surface area contributed by atoms with Gasteiger partial charge in [0.15, 0.2) is 0 Å². The van der Waals surface area contributed by atoms with Crippen molar-refractivity contribution in [1.82, 2.24) is 4.90 Å². The van der Waals surface area contributed by atoms with Gasteiger partial charge in [-0.1, -0.05) is 50.1 Å². The number of unbranched alkanes of at least 4 members (excludes halogenated alkanes) is 2. The van der Waals surface area contributed by atoms with E-state index in [0.29, 0.717) is 19.6 Å². The van der Waals surface area contributed by atoms with Gasteiger partial charge in [-0.3, -0.25) is 4.79 Å². The molecule has 0 radical (unpaired) electrons. The van der Waals surface area contributed by atoms with Gasteiger partial charge in [-0.2, -0.15) is 0 Å². The van der Waals surface area contributed by atoms with Gasteiger partial charge in [-0.05, 0) is 41.3 Å². The summed E-state index contributed by atoms with van der Waals surface area (Å²) in [7, 11) is 3.59. The average Bonchev–Trinajstić information content (AvgIpc) is 2.69. The highest BCUT2D eigenvalue weighted by molar-refractivity contribution is 5.76. The Labute approximate surface area is 163 Å². The van der Waals surface area contributed by atoms with Crippen LogP contribution >= 0.6 is 0 Å². The number of methoxy groups -OCH3 is 1. The molecule has 2 rings (SSSR count). The van der Waals surface area contributed by atoms with Crippen LogP contribution in [-0.4, -0.2) is 38.1 Å². The fourth-order valence-electron chi connectivity index (χ4n) is 3.03. The zero-order chi connectivity index (χ0) is 19.5. The first-order valence-corrected chi connectivity index (χ1v) is 9.80. The molecule has 0 saturated heterocycles. The maximum atomic E-state index is 12.3. The number of amides is 1. The Hall–Kier alpha value is -2.33. The third-order valence-corrected chi connectivity index (χ3v) is 4.60. The number of carbonyl (C=O) groups excluding carboxylic acids is 1. The van der Waals surface area contributed by atoms with Crippen LogP contribution in [0.25, 0.3) is 11.1 Å². The molecule has 0 aliphatic rings. The van der Waals surface area contributed by atoms with Crippen LogP contribution in [0, 0.1) is 0 Å². The number of nitrogens with one attached hydrogen (secondary N) is 1. The second-order valence-electron chi connectivity index (χ2n) is 6.91. The van der Waals surface area contributed by atoms with E-state index in [-0.39, 0.29) is 5.91 Å². The molecule has 0 fully saturated rings. The fraction of sp³-hybridized carbons (Fsp3) is 0.435. The summed E-state index contributed by atoms with van der Waals surface area (Å²) in [5.41, 5.74) is 4.56. The third-order valence-electron chi connectivity index (χ3n) is 4.60. The number of carbonyl (C=O) groups is 1. The first-order valence-electron chi connectivity index (χ1n) is 9.80. The number of nitrogens with zero attached hydrogens (tertiary/aromatic N) is 1. The number of hydrogen-bond donors (Lipinski definition) is 1. The Morgan fingerprint density at radius 1 is 1.07 bits per heavy atom. The molecule has 0 atom stereocenters. The van der Waals surface area contributed by atoms with Crippen molar-refractivity contribution in [3.05, 3.63) is 54.1 Å². The van der Waals surface area contributed by atoms with Crippen molar-refractivity contribution in [3.8, 4) is 11.1 Å². The standard InChI is InChI=1S/C23H32N2O2/c1-4-5-6-13-23(26)25(2)18-19-9-7-10-20(16-19)21-11-8-12-22(17-21)24-14-15-27-3/h7-12,16-17,24H,4-6,13-15,18H2,1-3H3. The van der Waals surface area contributed by atoms with Gasteiger partial charge in [0.25, 0.3) is 0 Å². The van der Waals surface area contributed by atoms with Crippen LogP contribution in [0.4, 0.5) is 5.69 Å². The molecule has 1 N–H and O–H groups in total. The molecule has 1 amide bonds. The lowest BCUT2D eigenvalue weighted by atomic mass is 10.0. The van der Waals surface area contributed by atoms with E-state index in [2.05, 4.69) is 60.8 Å². The Morgan fingerprint density at radius 3 is 2.56 bits per heavy atom. The van der Waals surface area contributed by atoms with Crippen LogP contribution in [0.5, 0.6) is 0 Å². The van der Waals surface area contributed by atoms with Crippen molar-refractivity contribution in [2.75, 3.05) is 32.6 Å². The first kappa shape index (κ1) is 21.0. The molecule has 0 aliphatic carbocycles. The quantitative estimate of drug-likeness (QED) is 0.571. The Morgan fingerprint density at radius 2 is 1.81 bits per heavy atom. The van der Waals surface area contributed by atoms with Crippen molar-refractivity contribution < 1.29 is 9.53 Å². The predicted octanol–water partition coefficient (Wildman–Crippen LogP) is 4.95. The Bertz CT molecular complexity index is 715. The van der Waals surface area contributed by atoms with Gasteiger partial charge in [0, 0.05) is 39.4 Å². The van der Waals surface area contributed by atoms with Gasteiger partial charge in [0.05, 0.1) is 6.61 Å². The van der Waals surface area contributed by atoms with E-state index in [1.165, 1.54) is 0 Å². The van der Waals surface area contributed by atoms with Gasteiger partial charge < -0.3 is 15.0 Å². The van der Waals surface area contributed by atoms with E-state index in [1.807, 2.05) is 11.9 Å². The van der Waals surface area contributed by atoms with E-state index in [4.69, 9.17) is 4.74 Å². The highest BCUT2D eigenvalue weighted by atomic mass is 16.5. The van der Waals surface area contributed by atoms with Crippen molar-refractivity contribution >= 4 is 11.6 Å². The minimum atomic E-state index is 0.221. The smallest absolute Gasteiger partial charge is 0.222 e. The normalized spacial score (nSPS) is 10.6. The van der Waals surface area contributed by atoms with E-state index in [1.54, 1.807) is 7.11 Å². The Kier molecular flexibility index (Phi) is 8.85. The van der Waals surface area contributed by atoms with Crippen LogP contribution < -0.4 is 5.32 Å². The largest absolute Gasteiger partial charge is 0.383 e. The van der Waals surface area contributed by atoms with Crippen molar-refractivity contribution in [2.45, 2.75) is 39.2 Å². The Balaban J connectivity index is 2.02. The molecular weight excluding hydrogens is 336 g/mol. The second-order valence-corrected chi connectivity index (χ2v) is 6.91. The van der Waals surface area contributed by atoms with Crippen LogP contribution in [0.3, 0.4) is 0 Å². The highest BCUT2D eigenvalue weighted by Gasteiger charge is 2.09. The summed E-state index contributed by atoms with van der Waals surface area (Å²) in [4.78, 5) is 14.1. The van der Waals surface area contributed by atoms with Crippen LogP contribution in [0.15, 0.2) is 48.5 Å². The van der Waals surface area contributed by atoms with Crippen molar-refractivity contribution in [2.24, 2.45) is 0 Å². The predicted molar refractivity (Wildman–Crippen MR) is 113 cm³/mol. The molecule has 4 nitrogen and oxygen atoms in total. The summed E-state index contributed by atoms with van der Waals surface area (Å²) in [6.45, 7) is 4.26. The van der Waals surface area contributed by atoms with Crippen molar-refractivity contribution in [1.29, 1.82) is 0 Å². The summed E-state index contributed by atoms with van der Waals surface area (Å²) in [6.07, 6.45) is 3.87. The van der Waals surface area contributed by atoms with E-state index in [0.717, 1.165) is 48.2 Å². The topological polar surface area (TPSA) is 41.6 Å². The molecule has 0 unspecified atom stereocenters. The average molecular weight is 369 g/mol. The minimum Gasteiger partial charge on any atom is -0.383 e.